The number of hydrogen-bond acceptors (Lipinski definition) is 4. The minimum atomic E-state index is -3.33. The highest BCUT2D eigenvalue weighted by Crippen LogP contribution is 2.32. The standard InChI is InChI=1S/C11H18N2O2S2/c1-13(10-5-2-4-9(10)8-12)17(14,15)11-6-3-7-16-11/h3,6-7,9-10H,2,4-5,8,12H2,1H3. The van der Waals surface area contributed by atoms with Crippen LogP contribution in [-0.4, -0.2) is 32.4 Å². The van der Waals surface area contributed by atoms with Gasteiger partial charge in [-0.2, -0.15) is 4.31 Å². The number of nitrogens with zero attached hydrogens (tertiary/aromatic N) is 1. The van der Waals surface area contributed by atoms with E-state index in [9.17, 15) is 8.42 Å². The van der Waals surface area contributed by atoms with Gasteiger partial charge in [0.25, 0.3) is 10.0 Å². The van der Waals surface area contributed by atoms with Crippen molar-refractivity contribution in [3.63, 3.8) is 0 Å². The van der Waals surface area contributed by atoms with Crippen molar-refractivity contribution in [2.45, 2.75) is 29.5 Å². The molecule has 0 radical (unpaired) electrons. The Labute approximate surface area is 106 Å². The summed E-state index contributed by atoms with van der Waals surface area (Å²) in [6.45, 7) is 0.564. The number of nitrogens with two attached hydrogens (primary N) is 1. The molecule has 6 heteroatoms. The van der Waals surface area contributed by atoms with Gasteiger partial charge in [-0.25, -0.2) is 8.42 Å². The average Bonchev–Trinajstić information content (AvgIpc) is 2.98. The second kappa shape index (κ2) is 5.06. The maximum atomic E-state index is 12.3. The van der Waals surface area contributed by atoms with E-state index in [1.165, 1.54) is 15.6 Å². The minimum Gasteiger partial charge on any atom is -0.330 e. The molecule has 1 aromatic heterocycles. The highest BCUT2D eigenvalue weighted by Gasteiger charge is 2.36. The summed E-state index contributed by atoms with van der Waals surface area (Å²) in [5, 5.41) is 1.79. The second-order valence-corrected chi connectivity index (χ2v) is 7.62. The summed E-state index contributed by atoms with van der Waals surface area (Å²) in [4.78, 5) is 0. The molecule has 0 spiro atoms. The van der Waals surface area contributed by atoms with Gasteiger partial charge < -0.3 is 5.73 Å². The van der Waals surface area contributed by atoms with Crippen molar-refractivity contribution >= 4 is 21.4 Å². The van der Waals surface area contributed by atoms with E-state index in [0.717, 1.165) is 19.3 Å². The third-order valence-electron chi connectivity index (χ3n) is 3.52. The Morgan fingerprint density at radius 2 is 2.29 bits per heavy atom. The monoisotopic (exact) mass is 274 g/mol. The highest BCUT2D eigenvalue weighted by molar-refractivity contribution is 7.91. The SMILES string of the molecule is CN(C1CCCC1CN)S(=O)(=O)c1cccs1. The molecule has 1 aliphatic rings. The van der Waals surface area contributed by atoms with Gasteiger partial charge >= 0.3 is 0 Å². The molecule has 1 aromatic rings. The third kappa shape index (κ3) is 2.40. The molecule has 0 saturated heterocycles. The Balaban J connectivity index is 2.22. The molecule has 2 atom stereocenters. The van der Waals surface area contributed by atoms with E-state index in [4.69, 9.17) is 5.73 Å². The molecule has 4 nitrogen and oxygen atoms in total. The summed E-state index contributed by atoms with van der Waals surface area (Å²) in [6, 6.07) is 3.48. The second-order valence-electron chi connectivity index (χ2n) is 4.45. The van der Waals surface area contributed by atoms with Crippen molar-refractivity contribution in [2.24, 2.45) is 11.7 Å². The van der Waals surface area contributed by atoms with Crippen LogP contribution in [0, 0.1) is 5.92 Å². The fourth-order valence-corrected chi connectivity index (χ4v) is 5.12. The van der Waals surface area contributed by atoms with Crippen LogP contribution in [0.4, 0.5) is 0 Å². The molecule has 17 heavy (non-hydrogen) atoms. The summed E-state index contributed by atoms with van der Waals surface area (Å²) >= 11 is 1.26. The smallest absolute Gasteiger partial charge is 0.252 e. The van der Waals surface area contributed by atoms with Crippen LogP contribution in [0.25, 0.3) is 0 Å². The number of hydrogen-bond donors (Lipinski definition) is 1. The van der Waals surface area contributed by atoms with Crippen molar-refractivity contribution < 1.29 is 8.42 Å². The molecule has 2 rings (SSSR count). The van der Waals surface area contributed by atoms with Gasteiger partial charge in [-0.15, -0.1) is 11.3 Å². The molecular formula is C11H18N2O2S2. The van der Waals surface area contributed by atoms with Crippen LogP contribution in [0.15, 0.2) is 21.7 Å². The summed E-state index contributed by atoms with van der Waals surface area (Å²) in [6.07, 6.45) is 3.02. The van der Waals surface area contributed by atoms with Gasteiger partial charge in [-0.05, 0) is 36.8 Å². The predicted octanol–water partition coefficient (Wildman–Crippen LogP) is 1.50. The van der Waals surface area contributed by atoms with Crippen LogP contribution >= 0.6 is 11.3 Å². The summed E-state index contributed by atoms with van der Waals surface area (Å²) < 4.78 is 26.6. The van der Waals surface area contributed by atoms with Gasteiger partial charge in [-0.1, -0.05) is 12.5 Å². The van der Waals surface area contributed by atoms with Crippen LogP contribution in [0.3, 0.4) is 0 Å². The Hall–Kier alpha value is -0.430. The molecule has 0 aromatic carbocycles. The van der Waals surface area contributed by atoms with Gasteiger partial charge in [0.1, 0.15) is 4.21 Å². The average molecular weight is 274 g/mol. The van der Waals surface area contributed by atoms with Gasteiger partial charge in [0.15, 0.2) is 0 Å². The zero-order chi connectivity index (χ0) is 12.5. The minimum absolute atomic E-state index is 0.0621. The maximum absolute atomic E-state index is 12.3. The molecule has 2 unspecified atom stereocenters. The van der Waals surface area contributed by atoms with Gasteiger partial charge in [0, 0.05) is 13.1 Å². The zero-order valence-electron chi connectivity index (χ0n) is 9.87. The number of thiophene rings is 1. The Kier molecular flexibility index (Phi) is 3.87. The first-order valence-electron chi connectivity index (χ1n) is 5.79. The highest BCUT2D eigenvalue weighted by atomic mass is 32.2. The molecule has 1 heterocycles. The molecule has 0 amide bonds. The lowest BCUT2D eigenvalue weighted by atomic mass is 10.0. The number of sulfonamides is 1. The normalized spacial score (nSPS) is 25.6. The molecule has 1 fully saturated rings. The van der Waals surface area contributed by atoms with Gasteiger partial charge in [-0.3, -0.25) is 0 Å². The largest absolute Gasteiger partial charge is 0.330 e. The van der Waals surface area contributed by atoms with E-state index in [0.29, 0.717) is 16.7 Å². The van der Waals surface area contributed by atoms with E-state index in [1.807, 2.05) is 0 Å². The first-order valence-corrected chi connectivity index (χ1v) is 8.11. The molecular weight excluding hydrogens is 256 g/mol. The Bertz CT molecular complexity index is 456. The van der Waals surface area contributed by atoms with Crippen molar-refractivity contribution in [1.29, 1.82) is 0 Å². The van der Waals surface area contributed by atoms with Gasteiger partial charge in [0.05, 0.1) is 0 Å². The Morgan fingerprint density at radius 1 is 1.53 bits per heavy atom. The fraction of sp³-hybridized carbons (Fsp3) is 0.636. The molecule has 1 saturated carbocycles. The van der Waals surface area contributed by atoms with Crippen LogP contribution in [-0.2, 0) is 10.0 Å². The summed E-state index contributed by atoms with van der Waals surface area (Å²) in [5.74, 6) is 0.301. The van der Waals surface area contributed by atoms with Crippen molar-refractivity contribution in [3.8, 4) is 0 Å². The summed E-state index contributed by atoms with van der Waals surface area (Å²) in [5.41, 5.74) is 5.71. The maximum Gasteiger partial charge on any atom is 0.252 e. The molecule has 96 valence electrons. The first-order chi connectivity index (χ1) is 8.07. The van der Waals surface area contributed by atoms with Crippen LogP contribution < -0.4 is 5.73 Å². The third-order valence-corrected chi connectivity index (χ3v) is 6.77. The molecule has 0 aliphatic heterocycles. The van der Waals surface area contributed by atoms with Crippen LogP contribution in [0.2, 0.25) is 0 Å². The topological polar surface area (TPSA) is 63.4 Å². The van der Waals surface area contributed by atoms with Crippen molar-refractivity contribution in [1.82, 2.24) is 4.31 Å². The van der Waals surface area contributed by atoms with E-state index in [1.54, 1.807) is 24.6 Å². The predicted molar refractivity (Wildman–Crippen MR) is 69.5 cm³/mol. The van der Waals surface area contributed by atoms with E-state index >= 15 is 0 Å². The van der Waals surface area contributed by atoms with E-state index < -0.39 is 10.0 Å². The fourth-order valence-electron chi connectivity index (χ4n) is 2.50. The molecule has 2 N–H and O–H groups in total. The van der Waals surface area contributed by atoms with Crippen LogP contribution in [0.5, 0.6) is 0 Å². The van der Waals surface area contributed by atoms with Gasteiger partial charge in [0.2, 0.25) is 0 Å². The number of rotatable bonds is 4. The molecule has 0 bridgehead atoms. The van der Waals surface area contributed by atoms with Crippen molar-refractivity contribution in [3.05, 3.63) is 17.5 Å². The Morgan fingerprint density at radius 3 is 2.88 bits per heavy atom. The van der Waals surface area contributed by atoms with E-state index in [2.05, 4.69) is 0 Å². The van der Waals surface area contributed by atoms with Crippen LogP contribution in [0.1, 0.15) is 19.3 Å². The lowest BCUT2D eigenvalue weighted by Crippen LogP contribution is -2.41. The zero-order valence-corrected chi connectivity index (χ0v) is 11.5. The molecule has 1 aliphatic carbocycles. The lowest BCUT2D eigenvalue weighted by Gasteiger charge is -2.27. The quantitative estimate of drug-likeness (QED) is 0.905. The van der Waals surface area contributed by atoms with E-state index in [-0.39, 0.29) is 6.04 Å². The summed E-state index contributed by atoms with van der Waals surface area (Å²) in [7, 11) is -1.65. The lowest BCUT2D eigenvalue weighted by molar-refractivity contribution is 0.305. The first kappa shape index (κ1) is 13.0. The van der Waals surface area contributed by atoms with Crippen molar-refractivity contribution in [2.75, 3.05) is 13.6 Å².